The average Bonchev–Trinajstić information content (AvgIpc) is 3.06. The Morgan fingerprint density at radius 1 is 1.07 bits per heavy atom. The SMILES string of the molecule is CCN(Cc1cnc(-c2cccc3ccccc23)nc1)[C@@H]1CCS(=O)(=O)C1. The predicted octanol–water partition coefficient (Wildman–Crippen LogP) is 3.31. The molecule has 0 N–H and O–H groups in total. The van der Waals surface area contributed by atoms with Crippen molar-refractivity contribution in [2.45, 2.75) is 25.9 Å². The highest BCUT2D eigenvalue weighted by molar-refractivity contribution is 7.91. The van der Waals surface area contributed by atoms with Crippen LogP contribution in [0.25, 0.3) is 22.2 Å². The highest BCUT2D eigenvalue weighted by atomic mass is 32.2. The monoisotopic (exact) mass is 381 g/mol. The first kappa shape index (κ1) is 18.1. The zero-order valence-electron chi connectivity index (χ0n) is 15.4. The fraction of sp³-hybridized carbons (Fsp3) is 0.333. The summed E-state index contributed by atoms with van der Waals surface area (Å²) in [4.78, 5) is 11.4. The van der Waals surface area contributed by atoms with E-state index in [1.54, 1.807) is 0 Å². The second kappa shape index (κ2) is 7.37. The number of fused-ring (bicyclic) bond motifs is 1. The Morgan fingerprint density at radius 3 is 2.52 bits per heavy atom. The summed E-state index contributed by atoms with van der Waals surface area (Å²) < 4.78 is 23.5. The van der Waals surface area contributed by atoms with Crippen LogP contribution in [0.4, 0.5) is 0 Å². The first-order valence-electron chi connectivity index (χ1n) is 9.29. The van der Waals surface area contributed by atoms with Crippen molar-refractivity contribution in [2.24, 2.45) is 0 Å². The molecule has 3 aromatic rings. The number of hydrogen-bond acceptors (Lipinski definition) is 5. The molecule has 0 spiro atoms. The van der Waals surface area contributed by atoms with Crippen molar-refractivity contribution < 1.29 is 8.42 Å². The van der Waals surface area contributed by atoms with Crippen molar-refractivity contribution in [3.05, 3.63) is 60.4 Å². The lowest BCUT2D eigenvalue weighted by molar-refractivity contribution is 0.214. The molecule has 140 valence electrons. The molecule has 0 bridgehead atoms. The van der Waals surface area contributed by atoms with E-state index in [1.807, 2.05) is 36.7 Å². The van der Waals surface area contributed by atoms with Gasteiger partial charge in [0, 0.05) is 36.1 Å². The summed E-state index contributed by atoms with van der Waals surface area (Å²) in [7, 11) is -2.88. The Labute approximate surface area is 160 Å². The molecular formula is C21H23N3O2S. The Morgan fingerprint density at radius 2 is 1.81 bits per heavy atom. The molecule has 1 aliphatic heterocycles. The third-order valence-corrected chi connectivity index (χ3v) is 7.00. The van der Waals surface area contributed by atoms with Gasteiger partial charge in [-0.3, -0.25) is 4.90 Å². The molecular weight excluding hydrogens is 358 g/mol. The maximum Gasteiger partial charge on any atom is 0.159 e. The summed E-state index contributed by atoms with van der Waals surface area (Å²) in [5.41, 5.74) is 2.03. The molecule has 1 saturated heterocycles. The normalized spacial score (nSPS) is 19.0. The molecule has 1 aromatic heterocycles. The van der Waals surface area contributed by atoms with Gasteiger partial charge in [0.25, 0.3) is 0 Å². The molecule has 1 fully saturated rings. The minimum atomic E-state index is -2.88. The van der Waals surface area contributed by atoms with Gasteiger partial charge in [0.05, 0.1) is 11.5 Å². The van der Waals surface area contributed by atoms with Crippen molar-refractivity contribution in [3.63, 3.8) is 0 Å². The standard InChI is InChI=1S/C21H23N3O2S/c1-2-24(18-10-11-27(25,26)15-18)14-16-12-22-21(23-13-16)20-9-5-7-17-6-3-4-8-19(17)20/h3-9,12-13,18H,2,10-11,14-15H2,1H3/t18-/m1/s1. The molecule has 6 heteroatoms. The number of aromatic nitrogens is 2. The van der Waals surface area contributed by atoms with Crippen molar-refractivity contribution in [1.29, 1.82) is 0 Å². The Bertz CT molecular complexity index is 1040. The summed E-state index contributed by atoms with van der Waals surface area (Å²) in [5, 5.41) is 2.31. The van der Waals surface area contributed by atoms with Crippen LogP contribution < -0.4 is 0 Å². The third-order valence-electron chi connectivity index (χ3n) is 5.25. The zero-order valence-corrected chi connectivity index (χ0v) is 16.2. The van der Waals surface area contributed by atoms with Gasteiger partial charge in [-0.05, 0) is 23.7 Å². The van der Waals surface area contributed by atoms with E-state index >= 15 is 0 Å². The largest absolute Gasteiger partial charge is 0.295 e. The van der Waals surface area contributed by atoms with Crippen molar-refractivity contribution in [1.82, 2.24) is 14.9 Å². The fourth-order valence-electron chi connectivity index (χ4n) is 3.79. The van der Waals surface area contributed by atoms with Gasteiger partial charge < -0.3 is 0 Å². The number of benzene rings is 2. The molecule has 1 atom stereocenters. The molecule has 0 saturated carbocycles. The van der Waals surface area contributed by atoms with Crippen LogP contribution in [0.15, 0.2) is 54.9 Å². The van der Waals surface area contributed by atoms with E-state index < -0.39 is 9.84 Å². The van der Waals surface area contributed by atoms with Gasteiger partial charge in [0.2, 0.25) is 0 Å². The molecule has 5 nitrogen and oxygen atoms in total. The first-order chi connectivity index (χ1) is 13.1. The zero-order chi connectivity index (χ0) is 18.9. The summed E-state index contributed by atoms with van der Waals surface area (Å²) in [6, 6.07) is 14.5. The van der Waals surface area contributed by atoms with E-state index in [2.05, 4.69) is 40.0 Å². The Kier molecular flexibility index (Phi) is 4.93. The summed E-state index contributed by atoms with van der Waals surface area (Å²) in [6.45, 7) is 3.55. The van der Waals surface area contributed by atoms with E-state index in [9.17, 15) is 8.42 Å². The molecule has 2 aromatic carbocycles. The molecule has 0 aliphatic carbocycles. The number of hydrogen-bond donors (Lipinski definition) is 0. The van der Waals surface area contributed by atoms with Crippen LogP contribution in [-0.2, 0) is 16.4 Å². The minimum Gasteiger partial charge on any atom is -0.295 e. The van der Waals surface area contributed by atoms with E-state index in [-0.39, 0.29) is 11.8 Å². The van der Waals surface area contributed by atoms with Crippen molar-refractivity contribution >= 4 is 20.6 Å². The van der Waals surface area contributed by atoms with Gasteiger partial charge in [-0.2, -0.15) is 0 Å². The van der Waals surface area contributed by atoms with Crippen LogP contribution in [0.5, 0.6) is 0 Å². The second-order valence-electron chi connectivity index (χ2n) is 7.06. The molecule has 2 heterocycles. The predicted molar refractivity (Wildman–Crippen MR) is 108 cm³/mol. The van der Waals surface area contributed by atoms with Crippen LogP contribution >= 0.6 is 0 Å². The van der Waals surface area contributed by atoms with E-state index in [0.29, 0.717) is 24.5 Å². The minimum absolute atomic E-state index is 0.0951. The summed E-state index contributed by atoms with van der Waals surface area (Å²) in [5.74, 6) is 1.27. The van der Waals surface area contributed by atoms with Crippen LogP contribution in [0.3, 0.4) is 0 Å². The summed E-state index contributed by atoms with van der Waals surface area (Å²) in [6.07, 6.45) is 4.43. The average molecular weight is 382 g/mol. The number of sulfone groups is 1. The smallest absolute Gasteiger partial charge is 0.159 e. The van der Waals surface area contributed by atoms with Gasteiger partial charge in [-0.15, -0.1) is 0 Å². The fourth-order valence-corrected chi connectivity index (χ4v) is 5.55. The third kappa shape index (κ3) is 3.87. The van der Waals surface area contributed by atoms with Gasteiger partial charge in [0.1, 0.15) is 0 Å². The van der Waals surface area contributed by atoms with Crippen molar-refractivity contribution in [2.75, 3.05) is 18.1 Å². The van der Waals surface area contributed by atoms with Crippen LogP contribution in [0.2, 0.25) is 0 Å². The lowest BCUT2D eigenvalue weighted by Crippen LogP contribution is -2.35. The number of nitrogens with zero attached hydrogens (tertiary/aromatic N) is 3. The Balaban J connectivity index is 1.55. The lowest BCUT2D eigenvalue weighted by Gasteiger charge is -2.26. The lowest BCUT2D eigenvalue weighted by atomic mass is 10.0. The van der Waals surface area contributed by atoms with E-state index in [1.165, 1.54) is 5.39 Å². The van der Waals surface area contributed by atoms with Gasteiger partial charge in [0.15, 0.2) is 15.7 Å². The molecule has 4 rings (SSSR count). The Hall–Kier alpha value is -2.31. The van der Waals surface area contributed by atoms with E-state index in [4.69, 9.17) is 0 Å². The quantitative estimate of drug-likeness (QED) is 0.678. The van der Waals surface area contributed by atoms with Crippen LogP contribution in [0, 0.1) is 0 Å². The second-order valence-corrected chi connectivity index (χ2v) is 9.29. The highest BCUT2D eigenvalue weighted by Crippen LogP contribution is 2.26. The molecule has 27 heavy (non-hydrogen) atoms. The van der Waals surface area contributed by atoms with Gasteiger partial charge in [-0.25, -0.2) is 18.4 Å². The van der Waals surface area contributed by atoms with Crippen LogP contribution in [-0.4, -0.2) is 47.4 Å². The highest BCUT2D eigenvalue weighted by Gasteiger charge is 2.31. The topological polar surface area (TPSA) is 63.2 Å². The molecule has 0 unspecified atom stereocenters. The summed E-state index contributed by atoms with van der Waals surface area (Å²) >= 11 is 0. The number of rotatable bonds is 5. The molecule has 0 amide bonds. The van der Waals surface area contributed by atoms with Gasteiger partial charge >= 0.3 is 0 Å². The molecule has 1 aliphatic rings. The molecule has 0 radical (unpaired) electrons. The van der Waals surface area contributed by atoms with Crippen LogP contribution in [0.1, 0.15) is 18.9 Å². The van der Waals surface area contributed by atoms with Gasteiger partial charge in [-0.1, -0.05) is 49.4 Å². The first-order valence-corrected chi connectivity index (χ1v) is 11.1. The van der Waals surface area contributed by atoms with Crippen molar-refractivity contribution in [3.8, 4) is 11.4 Å². The van der Waals surface area contributed by atoms with E-state index in [0.717, 1.165) is 23.1 Å². The maximum atomic E-state index is 11.8. The maximum absolute atomic E-state index is 11.8.